The van der Waals surface area contributed by atoms with E-state index in [-0.39, 0.29) is 6.10 Å². The van der Waals surface area contributed by atoms with Crippen LogP contribution in [0.25, 0.3) is 11.0 Å². The van der Waals surface area contributed by atoms with E-state index < -0.39 is 12.6 Å². The van der Waals surface area contributed by atoms with Gasteiger partial charge in [0.2, 0.25) is 0 Å². The smallest absolute Gasteiger partial charge is 0.341 e. The number of benzene rings is 3. The van der Waals surface area contributed by atoms with Crippen molar-refractivity contribution >= 4 is 16.9 Å². The first-order chi connectivity index (χ1) is 16.2. The van der Waals surface area contributed by atoms with Gasteiger partial charge >= 0.3 is 5.97 Å². The van der Waals surface area contributed by atoms with Crippen molar-refractivity contribution in [1.82, 2.24) is 0 Å². The predicted octanol–water partition coefficient (Wildman–Crippen LogP) is 5.61. The Morgan fingerprint density at radius 3 is 2.24 bits per heavy atom. The summed E-state index contributed by atoms with van der Waals surface area (Å²) in [7, 11) is 0. The van der Waals surface area contributed by atoms with E-state index in [0.29, 0.717) is 36.9 Å². The number of para-hydroxylation sites is 1. The lowest BCUT2D eigenvalue weighted by Gasteiger charge is -2.19. The van der Waals surface area contributed by atoms with Gasteiger partial charge in [-0.1, -0.05) is 72.8 Å². The second-order valence-electron chi connectivity index (χ2n) is 7.55. The fraction of sp³-hybridized carbons (Fsp3) is 0.222. The molecule has 0 unspecified atom stereocenters. The highest BCUT2D eigenvalue weighted by Gasteiger charge is 2.14. The molecular formula is C27H26O6. The Bertz CT molecular complexity index is 1110. The first kappa shape index (κ1) is 22.6. The number of carboxylic acids is 1. The second-order valence-corrected chi connectivity index (χ2v) is 7.55. The van der Waals surface area contributed by atoms with E-state index >= 15 is 0 Å². The molecule has 0 atom stereocenters. The van der Waals surface area contributed by atoms with Crippen molar-refractivity contribution in [3.8, 4) is 5.75 Å². The minimum Gasteiger partial charge on any atom is -0.479 e. The Balaban J connectivity index is 1.27. The van der Waals surface area contributed by atoms with E-state index in [0.717, 1.165) is 22.9 Å². The molecule has 0 spiro atoms. The minimum absolute atomic E-state index is 0.119. The molecule has 1 heterocycles. The summed E-state index contributed by atoms with van der Waals surface area (Å²) in [6.45, 7) is 0.976. The second kappa shape index (κ2) is 11.3. The molecule has 0 amide bonds. The fourth-order valence-electron chi connectivity index (χ4n) is 3.59. The lowest BCUT2D eigenvalue weighted by atomic mass is 10.0. The summed E-state index contributed by atoms with van der Waals surface area (Å²) in [6, 6.07) is 27.6. The Morgan fingerprint density at radius 2 is 1.58 bits per heavy atom. The van der Waals surface area contributed by atoms with Crippen molar-refractivity contribution in [2.45, 2.75) is 19.1 Å². The van der Waals surface area contributed by atoms with E-state index in [2.05, 4.69) is 24.3 Å². The van der Waals surface area contributed by atoms with Crippen LogP contribution in [-0.2, 0) is 20.9 Å². The number of aliphatic carboxylic acids is 1. The molecule has 4 rings (SSSR count). The van der Waals surface area contributed by atoms with E-state index in [1.54, 1.807) is 12.1 Å². The first-order valence-electron chi connectivity index (χ1n) is 10.9. The molecule has 4 aromatic rings. The molecule has 33 heavy (non-hydrogen) atoms. The van der Waals surface area contributed by atoms with Gasteiger partial charge in [0.05, 0.1) is 6.61 Å². The Kier molecular flexibility index (Phi) is 7.74. The number of rotatable bonds is 12. The fourth-order valence-corrected chi connectivity index (χ4v) is 3.59. The van der Waals surface area contributed by atoms with Gasteiger partial charge in [-0.25, -0.2) is 4.79 Å². The zero-order valence-electron chi connectivity index (χ0n) is 18.2. The summed E-state index contributed by atoms with van der Waals surface area (Å²) in [6.07, 6.45) is 0.621. The SMILES string of the molecule is O=C(O)COc1cccc2cc(COCCCOC(c3ccccc3)c3ccccc3)oc12. The van der Waals surface area contributed by atoms with E-state index in [4.69, 9.17) is 23.7 Å². The third-order valence-corrected chi connectivity index (χ3v) is 5.08. The molecule has 0 saturated carbocycles. The third-order valence-electron chi connectivity index (χ3n) is 5.08. The quantitative estimate of drug-likeness (QED) is 0.285. The monoisotopic (exact) mass is 446 g/mol. The standard InChI is InChI=1S/C27H26O6/c28-25(29)19-32-24-14-7-13-22-17-23(33-27(22)24)18-30-15-8-16-31-26(20-9-3-1-4-10-20)21-11-5-2-6-12-21/h1-7,9-14,17,26H,8,15-16,18-19H2,(H,28,29). The third kappa shape index (κ3) is 6.22. The van der Waals surface area contributed by atoms with Crippen molar-refractivity contribution in [1.29, 1.82) is 0 Å². The van der Waals surface area contributed by atoms with Gasteiger partial charge in [0.1, 0.15) is 18.5 Å². The summed E-state index contributed by atoms with van der Waals surface area (Å²) < 4.78 is 23.1. The number of fused-ring (bicyclic) bond motifs is 1. The topological polar surface area (TPSA) is 78.1 Å². The van der Waals surface area contributed by atoms with Crippen molar-refractivity contribution < 1.29 is 28.5 Å². The molecule has 0 aliphatic rings. The lowest BCUT2D eigenvalue weighted by Crippen LogP contribution is -2.09. The van der Waals surface area contributed by atoms with Gasteiger partial charge in [0, 0.05) is 12.0 Å². The van der Waals surface area contributed by atoms with Crippen LogP contribution in [0.15, 0.2) is 89.3 Å². The van der Waals surface area contributed by atoms with Gasteiger partial charge in [0.25, 0.3) is 0 Å². The normalized spacial score (nSPS) is 11.2. The van der Waals surface area contributed by atoms with Crippen LogP contribution in [0.5, 0.6) is 5.75 Å². The molecule has 0 aliphatic carbocycles. The average Bonchev–Trinajstić information content (AvgIpc) is 3.27. The number of furan rings is 1. The largest absolute Gasteiger partial charge is 0.479 e. The molecule has 6 nitrogen and oxygen atoms in total. The van der Waals surface area contributed by atoms with Crippen LogP contribution in [0, 0.1) is 0 Å². The molecule has 0 saturated heterocycles. The first-order valence-corrected chi connectivity index (χ1v) is 10.9. The zero-order chi connectivity index (χ0) is 22.9. The van der Waals surface area contributed by atoms with Crippen LogP contribution in [-0.4, -0.2) is 30.9 Å². The van der Waals surface area contributed by atoms with Crippen LogP contribution in [0.3, 0.4) is 0 Å². The molecule has 6 heteroatoms. The molecule has 170 valence electrons. The van der Waals surface area contributed by atoms with Crippen molar-refractivity contribution in [3.63, 3.8) is 0 Å². The summed E-state index contributed by atoms with van der Waals surface area (Å²) >= 11 is 0. The Labute approximate surface area is 192 Å². The summed E-state index contributed by atoms with van der Waals surface area (Å²) in [5.41, 5.74) is 2.76. The van der Waals surface area contributed by atoms with Gasteiger partial charge in [-0.3, -0.25) is 0 Å². The van der Waals surface area contributed by atoms with Crippen LogP contribution in [0.4, 0.5) is 0 Å². The van der Waals surface area contributed by atoms with E-state index in [1.165, 1.54) is 0 Å². The maximum absolute atomic E-state index is 10.8. The minimum atomic E-state index is -1.04. The number of carboxylic acid groups (broad SMARTS) is 1. The molecule has 1 N–H and O–H groups in total. The molecule has 0 radical (unpaired) electrons. The number of hydrogen-bond donors (Lipinski definition) is 1. The predicted molar refractivity (Wildman–Crippen MR) is 124 cm³/mol. The molecule has 1 aromatic heterocycles. The van der Waals surface area contributed by atoms with Crippen LogP contribution in [0.1, 0.15) is 29.4 Å². The Hall–Kier alpha value is -3.61. The highest BCUT2D eigenvalue weighted by molar-refractivity contribution is 5.84. The summed E-state index contributed by atoms with van der Waals surface area (Å²) in [4.78, 5) is 10.8. The van der Waals surface area contributed by atoms with Gasteiger partial charge in [-0.15, -0.1) is 0 Å². The maximum Gasteiger partial charge on any atom is 0.341 e. The molecular weight excluding hydrogens is 420 g/mol. The number of ether oxygens (including phenoxy) is 3. The van der Waals surface area contributed by atoms with E-state index in [1.807, 2.05) is 48.5 Å². The number of carbonyl (C=O) groups is 1. The average molecular weight is 446 g/mol. The molecule has 0 aliphatic heterocycles. The summed E-state index contributed by atoms with van der Waals surface area (Å²) in [5, 5.41) is 9.66. The van der Waals surface area contributed by atoms with Gasteiger partial charge in [-0.05, 0) is 29.7 Å². The van der Waals surface area contributed by atoms with Crippen molar-refractivity contribution in [2.24, 2.45) is 0 Å². The van der Waals surface area contributed by atoms with E-state index in [9.17, 15) is 4.79 Å². The van der Waals surface area contributed by atoms with Crippen molar-refractivity contribution in [3.05, 3.63) is 102 Å². The van der Waals surface area contributed by atoms with Gasteiger partial charge in [0.15, 0.2) is 17.9 Å². The Morgan fingerprint density at radius 1 is 0.879 bits per heavy atom. The van der Waals surface area contributed by atoms with Gasteiger partial charge in [-0.2, -0.15) is 0 Å². The molecule has 3 aromatic carbocycles. The number of hydrogen-bond acceptors (Lipinski definition) is 5. The lowest BCUT2D eigenvalue weighted by molar-refractivity contribution is -0.139. The highest BCUT2D eigenvalue weighted by atomic mass is 16.5. The molecule has 0 fully saturated rings. The van der Waals surface area contributed by atoms with Crippen LogP contribution < -0.4 is 4.74 Å². The molecule has 0 bridgehead atoms. The van der Waals surface area contributed by atoms with Gasteiger partial charge < -0.3 is 23.7 Å². The zero-order valence-corrected chi connectivity index (χ0v) is 18.2. The summed E-state index contributed by atoms with van der Waals surface area (Å²) in [5.74, 6) is 0.0252. The maximum atomic E-state index is 10.8. The van der Waals surface area contributed by atoms with Crippen LogP contribution >= 0.6 is 0 Å². The highest BCUT2D eigenvalue weighted by Crippen LogP contribution is 2.29. The van der Waals surface area contributed by atoms with Crippen molar-refractivity contribution in [2.75, 3.05) is 19.8 Å². The van der Waals surface area contributed by atoms with Crippen LogP contribution in [0.2, 0.25) is 0 Å².